The lowest BCUT2D eigenvalue weighted by Gasteiger charge is -2.38. The molecule has 0 unspecified atom stereocenters. The van der Waals surface area contributed by atoms with Crippen molar-refractivity contribution in [1.29, 1.82) is 0 Å². The van der Waals surface area contributed by atoms with Crippen molar-refractivity contribution >= 4 is 17.3 Å². The number of halogens is 2. The number of aromatic nitrogens is 2. The van der Waals surface area contributed by atoms with Crippen LogP contribution in [0, 0.1) is 18.6 Å². The molecule has 2 saturated heterocycles. The summed E-state index contributed by atoms with van der Waals surface area (Å²) in [4.78, 5) is 10.9. The molecule has 2 aliphatic rings. The van der Waals surface area contributed by atoms with Gasteiger partial charge in [-0.3, -0.25) is 0 Å². The number of hydrogen-bond donors (Lipinski definition) is 1. The van der Waals surface area contributed by atoms with Gasteiger partial charge in [-0.2, -0.15) is 0 Å². The van der Waals surface area contributed by atoms with Crippen LogP contribution in [0.5, 0.6) is 0 Å². The number of nitrogens with one attached hydrogen (secondary N) is 1. The van der Waals surface area contributed by atoms with Crippen molar-refractivity contribution < 1.29 is 18.3 Å². The summed E-state index contributed by atoms with van der Waals surface area (Å²) in [5.74, 6) is 0.0596. The lowest BCUT2D eigenvalue weighted by Crippen LogP contribution is -2.45. The summed E-state index contributed by atoms with van der Waals surface area (Å²) >= 11 is 0. The number of rotatable bonds is 3. The van der Waals surface area contributed by atoms with E-state index in [1.165, 1.54) is 12.1 Å². The first-order valence-electron chi connectivity index (χ1n) is 8.64. The van der Waals surface area contributed by atoms with E-state index >= 15 is 0 Å². The summed E-state index contributed by atoms with van der Waals surface area (Å²) in [7, 11) is 0. The van der Waals surface area contributed by atoms with Crippen LogP contribution >= 0.6 is 0 Å². The minimum atomic E-state index is -0.668. The lowest BCUT2D eigenvalue weighted by atomic mass is 10.0. The Bertz CT molecular complexity index is 802. The summed E-state index contributed by atoms with van der Waals surface area (Å²) in [6, 6.07) is 5.15. The molecule has 1 N–H and O–H groups in total. The zero-order chi connectivity index (χ0) is 18.1. The summed E-state index contributed by atoms with van der Waals surface area (Å²) in [5.41, 5.74) is 0.167. The summed E-state index contributed by atoms with van der Waals surface area (Å²) in [6.45, 7) is 4.57. The fourth-order valence-corrected chi connectivity index (χ4v) is 3.37. The van der Waals surface area contributed by atoms with Crippen LogP contribution in [0.2, 0.25) is 0 Å². The minimum absolute atomic E-state index is 0.167. The average molecular weight is 362 g/mol. The Labute approximate surface area is 150 Å². The van der Waals surface area contributed by atoms with Gasteiger partial charge in [-0.05, 0) is 19.1 Å². The van der Waals surface area contributed by atoms with Crippen LogP contribution < -0.4 is 10.2 Å². The molecule has 0 amide bonds. The van der Waals surface area contributed by atoms with Crippen LogP contribution in [0.15, 0.2) is 24.3 Å². The van der Waals surface area contributed by atoms with E-state index in [-0.39, 0.29) is 5.69 Å². The Morgan fingerprint density at radius 1 is 1.08 bits per heavy atom. The zero-order valence-electron chi connectivity index (χ0n) is 14.5. The van der Waals surface area contributed by atoms with Crippen molar-refractivity contribution in [2.75, 3.05) is 36.5 Å². The quantitative estimate of drug-likeness (QED) is 0.905. The fourth-order valence-electron chi connectivity index (χ4n) is 3.37. The molecule has 3 heterocycles. The largest absolute Gasteiger partial charge is 0.356 e. The van der Waals surface area contributed by atoms with Gasteiger partial charge in [-0.25, -0.2) is 18.7 Å². The van der Waals surface area contributed by atoms with E-state index in [9.17, 15) is 8.78 Å². The summed E-state index contributed by atoms with van der Waals surface area (Å²) in [6.07, 6.45) is 1.54. The van der Waals surface area contributed by atoms with E-state index in [1.54, 1.807) is 13.0 Å². The van der Waals surface area contributed by atoms with Gasteiger partial charge in [0, 0.05) is 38.1 Å². The van der Waals surface area contributed by atoms with Gasteiger partial charge in [-0.1, -0.05) is 0 Å². The molecule has 6 nitrogen and oxygen atoms in total. The van der Waals surface area contributed by atoms with E-state index < -0.39 is 17.4 Å². The predicted octanol–water partition coefficient (Wildman–Crippen LogP) is 3.15. The molecule has 2 fully saturated rings. The Morgan fingerprint density at radius 3 is 2.50 bits per heavy atom. The Hall–Kier alpha value is -2.32. The molecule has 26 heavy (non-hydrogen) atoms. The van der Waals surface area contributed by atoms with E-state index in [0.29, 0.717) is 24.9 Å². The molecular weight excluding hydrogens is 342 g/mol. The third-order valence-corrected chi connectivity index (χ3v) is 4.68. The number of ether oxygens (including phenoxy) is 2. The second-order valence-electron chi connectivity index (χ2n) is 6.50. The highest BCUT2D eigenvalue weighted by Gasteiger charge is 2.40. The average Bonchev–Trinajstić information content (AvgIpc) is 3.06. The summed E-state index contributed by atoms with van der Waals surface area (Å²) < 4.78 is 38.4. The first-order valence-corrected chi connectivity index (χ1v) is 8.64. The van der Waals surface area contributed by atoms with Gasteiger partial charge in [0.2, 0.25) is 0 Å². The van der Waals surface area contributed by atoms with Crippen molar-refractivity contribution in [3.05, 3.63) is 41.7 Å². The molecule has 4 rings (SSSR count). The van der Waals surface area contributed by atoms with E-state index in [0.717, 1.165) is 37.8 Å². The number of benzene rings is 1. The minimum Gasteiger partial charge on any atom is -0.356 e. The van der Waals surface area contributed by atoms with Crippen molar-refractivity contribution in [2.24, 2.45) is 0 Å². The first-order chi connectivity index (χ1) is 12.5. The topological polar surface area (TPSA) is 59.5 Å². The number of hydrogen-bond acceptors (Lipinski definition) is 6. The van der Waals surface area contributed by atoms with Crippen LogP contribution in [0.3, 0.4) is 0 Å². The SMILES string of the molecule is Cc1nc(Nc2ccc(F)cc2F)cc(N2CCC3(CC2)OCCO3)n1. The molecule has 1 aromatic heterocycles. The van der Waals surface area contributed by atoms with Crippen LogP contribution in [0.4, 0.5) is 26.1 Å². The predicted molar refractivity (Wildman–Crippen MR) is 92.5 cm³/mol. The Kier molecular flexibility index (Phi) is 4.46. The standard InChI is InChI=1S/C18H20F2N4O2/c1-12-21-16(23-15-3-2-13(19)10-14(15)20)11-17(22-12)24-6-4-18(5-7-24)25-8-9-26-18/h2-3,10-11H,4-9H2,1H3,(H,21,22,23). The highest BCUT2D eigenvalue weighted by atomic mass is 19.1. The lowest BCUT2D eigenvalue weighted by molar-refractivity contribution is -0.169. The fraction of sp³-hybridized carbons (Fsp3) is 0.444. The maximum absolute atomic E-state index is 13.9. The molecule has 0 aliphatic carbocycles. The number of anilines is 3. The van der Waals surface area contributed by atoms with Gasteiger partial charge < -0.3 is 19.7 Å². The number of piperidine rings is 1. The zero-order valence-corrected chi connectivity index (χ0v) is 14.5. The first kappa shape index (κ1) is 17.1. The van der Waals surface area contributed by atoms with Gasteiger partial charge in [0.25, 0.3) is 0 Å². The van der Waals surface area contributed by atoms with E-state index in [4.69, 9.17) is 9.47 Å². The molecule has 0 saturated carbocycles. The molecule has 0 radical (unpaired) electrons. The van der Waals surface area contributed by atoms with Crippen molar-refractivity contribution in [3.8, 4) is 0 Å². The van der Waals surface area contributed by atoms with E-state index in [1.807, 2.05) is 0 Å². The highest BCUT2D eigenvalue weighted by molar-refractivity contribution is 5.60. The van der Waals surface area contributed by atoms with Crippen molar-refractivity contribution in [3.63, 3.8) is 0 Å². The maximum Gasteiger partial charge on any atom is 0.171 e. The Balaban J connectivity index is 1.51. The van der Waals surface area contributed by atoms with Crippen LogP contribution in [0.25, 0.3) is 0 Å². The maximum atomic E-state index is 13.9. The van der Waals surface area contributed by atoms with Crippen molar-refractivity contribution in [2.45, 2.75) is 25.6 Å². The van der Waals surface area contributed by atoms with Gasteiger partial charge in [-0.15, -0.1) is 0 Å². The molecule has 138 valence electrons. The van der Waals surface area contributed by atoms with Crippen LogP contribution in [-0.2, 0) is 9.47 Å². The molecule has 0 bridgehead atoms. The normalized spacial score (nSPS) is 19.1. The molecular formula is C18H20F2N4O2. The third kappa shape index (κ3) is 3.47. The molecule has 0 atom stereocenters. The smallest absolute Gasteiger partial charge is 0.171 e. The van der Waals surface area contributed by atoms with Crippen molar-refractivity contribution in [1.82, 2.24) is 9.97 Å². The molecule has 2 aliphatic heterocycles. The van der Waals surface area contributed by atoms with Crippen LogP contribution in [0.1, 0.15) is 18.7 Å². The van der Waals surface area contributed by atoms with Gasteiger partial charge >= 0.3 is 0 Å². The van der Waals surface area contributed by atoms with Gasteiger partial charge in [0.1, 0.15) is 29.1 Å². The third-order valence-electron chi connectivity index (χ3n) is 4.68. The van der Waals surface area contributed by atoms with Gasteiger partial charge in [0.15, 0.2) is 5.79 Å². The van der Waals surface area contributed by atoms with E-state index in [2.05, 4.69) is 20.2 Å². The van der Waals surface area contributed by atoms with Crippen LogP contribution in [-0.4, -0.2) is 42.1 Å². The molecule has 1 spiro atoms. The highest BCUT2D eigenvalue weighted by Crippen LogP contribution is 2.33. The molecule has 2 aromatic rings. The second-order valence-corrected chi connectivity index (χ2v) is 6.50. The molecule has 8 heteroatoms. The Morgan fingerprint density at radius 2 is 1.81 bits per heavy atom. The second kappa shape index (κ2) is 6.77. The van der Waals surface area contributed by atoms with Gasteiger partial charge in [0.05, 0.1) is 18.9 Å². The monoisotopic (exact) mass is 362 g/mol. The number of nitrogens with zero attached hydrogens (tertiary/aromatic N) is 3. The summed E-state index contributed by atoms with van der Waals surface area (Å²) in [5, 5.41) is 2.90. The molecule has 1 aromatic carbocycles. The number of aryl methyl sites for hydroxylation is 1.